The Morgan fingerprint density at radius 1 is 1.19 bits per heavy atom. The summed E-state index contributed by atoms with van der Waals surface area (Å²) in [7, 11) is 0. The number of halogens is 1. The minimum Gasteiger partial charge on any atom is -0.346 e. The predicted octanol–water partition coefficient (Wildman–Crippen LogP) is 2.01. The van der Waals surface area contributed by atoms with Crippen molar-refractivity contribution in [1.82, 2.24) is 15.1 Å². The van der Waals surface area contributed by atoms with Gasteiger partial charge >= 0.3 is 0 Å². The maximum Gasteiger partial charge on any atom is 0.272 e. The van der Waals surface area contributed by atoms with Crippen molar-refractivity contribution < 1.29 is 9.18 Å². The average Bonchev–Trinajstić information content (AvgIpc) is 2.67. The Morgan fingerprint density at radius 3 is 2.54 bits per heavy atom. The summed E-state index contributed by atoms with van der Waals surface area (Å²) < 4.78 is 14.2. The number of nitrogens with zero attached hydrogens (tertiary/aromatic N) is 2. The molecule has 1 unspecified atom stereocenters. The number of hydrogen-bond acceptors (Lipinski definition) is 4. The van der Waals surface area contributed by atoms with Crippen LogP contribution in [-0.4, -0.2) is 28.3 Å². The molecular weight excluding hydrogens is 335 g/mol. The van der Waals surface area contributed by atoms with E-state index in [1.54, 1.807) is 0 Å². The molecule has 1 atom stereocenters. The van der Waals surface area contributed by atoms with Gasteiger partial charge in [-0.05, 0) is 49.1 Å². The topological polar surface area (TPSA) is 90.0 Å². The van der Waals surface area contributed by atoms with Gasteiger partial charge in [-0.25, -0.2) is 4.39 Å². The van der Waals surface area contributed by atoms with Crippen molar-refractivity contribution in [3.8, 4) is 5.69 Å². The second kappa shape index (κ2) is 8.23. The molecule has 1 saturated carbocycles. The van der Waals surface area contributed by atoms with Crippen LogP contribution in [0.1, 0.15) is 42.6 Å². The Hall–Kier alpha value is -2.54. The van der Waals surface area contributed by atoms with Gasteiger partial charge in [-0.1, -0.05) is 19.3 Å². The summed E-state index contributed by atoms with van der Waals surface area (Å²) in [6, 6.07) is 7.94. The van der Waals surface area contributed by atoms with E-state index in [1.807, 2.05) is 0 Å². The first-order chi connectivity index (χ1) is 12.6. The molecule has 3 N–H and O–H groups in total. The minimum absolute atomic E-state index is 0.101. The Kier molecular flexibility index (Phi) is 5.78. The molecule has 1 aliphatic rings. The van der Waals surface area contributed by atoms with Crippen LogP contribution in [0.25, 0.3) is 5.69 Å². The molecule has 0 aliphatic heterocycles. The molecule has 138 valence electrons. The lowest BCUT2D eigenvalue weighted by atomic mass is 9.84. The van der Waals surface area contributed by atoms with E-state index in [0.717, 1.165) is 30.4 Å². The highest BCUT2D eigenvalue weighted by Gasteiger charge is 2.25. The van der Waals surface area contributed by atoms with E-state index in [1.165, 1.54) is 42.8 Å². The fourth-order valence-electron chi connectivity index (χ4n) is 3.45. The zero-order valence-electron chi connectivity index (χ0n) is 14.5. The second-order valence-corrected chi connectivity index (χ2v) is 6.66. The highest BCUT2D eigenvalue weighted by Crippen LogP contribution is 2.26. The number of nitrogens with one attached hydrogen (secondary N) is 1. The van der Waals surface area contributed by atoms with Crippen molar-refractivity contribution in [3.05, 3.63) is 58.3 Å². The molecular formula is C19H23FN4O2. The Morgan fingerprint density at radius 2 is 1.88 bits per heavy atom. The number of carbonyl (C=O) groups is 1. The van der Waals surface area contributed by atoms with Gasteiger partial charge in [0.1, 0.15) is 11.5 Å². The maximum atomic E-state index is 13.1. The van der Waals surface area contributed by atoms with Gasteiger partial charge < -0.3 is 11.1 Å². The predicted molar refractivity (Wildman–Crippen MR) is 96.7 cm³/mol. The fraction of sp³-hybridized carbons (Fsp3) is 0.421. The molecule has 0 spiro atoms. The number of nitrogens with two attached hydrogens (primary N) is 1. The van der Waals surface area contributed by atoms with Crippen molar-refractivity contribution >= 4 is 5.91 Å². The summed E-state index contributed by atoms with van der Waals surface area (Å²) >= 11 is 0. The number of rotatable bonds is 5. The summed E-state index contributed by atoms with van der Waals surface area (Å²) in [6.07, 6.45) is 5.66. The highest BCUT2D eigenvalue weighted by molar-refractivity contribution is 5.92. The van der Waals surface area contributed by atoms with Gasteiger partial charge in [0, 0.05) is 18.7 Å². The van der Waals surface area contributed by atoms with Gasteiger partial charge in [-0.15, -0.1) is 0 Å². The van der Waals surface area contributed by atoms with Crippen LogP contribution in [0.3, 0.4) is 0 Å². The lowest BCUT2D eigenvalue weighted by Gasteiger charge is -2.29. The molecule has 1 heterocycles. The van der Waals surface area contributed by atoms with Crippen LogP contribution in [0.15, 0.2) is 41.2 Å². The van der Waals surface area contributed by atoms with Crippen LogP contribution in [0.2, 0.25) is 0 Å². The molecule has 2 aromatic rings. The molecule has 1 fully saturated rings. The first-order valence-electron chi connectivity index (χ1n) is 8.96. The lowest BCUT2D eigenvalue weighted by Crippen LogP contribution is -2.46. The Bertz CT molecular complexity index is 813. The van der Waals surface area contributed by atoms with E-state index in [2.05, 4.69) is 10.4 Å². The average molecular weight is 358 g/mol. The maximum absolute atomic E-state index is 13.1. The monoisotopic (exact) mass is 358 g/mol. The molecule has 1 aromatic heterocycles. The van der Waals surface area contributed by atoms with Crippen molar-refractivity contribution in [3.63, 3.8) is 0 Å². The smallest absolute Gasteiger partial charge is 0.272 e. The summed E-state index contributed by atoms with van der Waals surface area (Å²) in [5.41, 5.74) is 6.00. The van der Waals surface area contributed by atoms with Crippen LogP contribution in [-0.2, 0) is 0 Å². The Labute approximate surface area is 151 Å². The molecule has 26 heavy (non-hydrogen) atoms. The van der Waals surface area contributed by atoms with Crippen molar-refractivity contribution in [2.45, 2.75) is 38.1 Å². The molecule has 1 aromatic carbocycles. The zero-order chi connectivity index (χ0) is 18.5. The number of aromatic nitrogens is 2. The summed E-state index contributed by atoms with van der Waals surface area (Å²) in [5.74, 6) is -0.392. The molecule has 3 rings (SSSR count). The van der Waals surface area contributed by atoms with Crippen LogP contribution in [0.4, 0.5) is 4.39 Å². The van der Waals surface area contributed by atoms with E-state index in [0.29, 0.717) is 18.2 Å². The van der Waals surface area contributed by atoms with Gasteiger partial charge in [0.15, 0.2) is 0 Å². The van der Waals surface area contributed by atoms with E-state index >= 15 is 0 Å². The normalized spacial score (nSPS) is 16.2. The highest BCUT2D eigenvalue weighted by atomic mass is 19.1. The van der Waals surface area contributed by atoms with Crippen molar-refractivity contribution in [2.24, 2.45) is 11.7 Å². The Balaban J connectivity index is 1.80. The molecule has 7 heteroatoms. The van der Waals surface area contributed by atoms with E-state index in [-0.39, 0.29) is 17.6 Å². The molecule has 0 saturated heterocycles. The fourth-order valence-corrected chi connectivity index (χ4v) is 3.45. The third-order valence-corrected chi connectivity index (χ3v) is 4.89. The summed E-state index contributed by atoms with van der Waals surface area (Å²) in [4.78, 5) is 24.7. The molecule has 0 radical (unpaired) electrons. The number of amides is 1. The summed E-state index contributed by atoms with van der Waals surface area (Å²) in [6.45, 7) is 0.369. The van der Waals surface area contributed by atoms with Gasteiger partial charge in [0.2, 0.25) is 0 Å². The zero-order valence-corrected chi connectivity index (χ0v) is 14.5. The van der Waals surface area contributed by atoms with Gasteiger partial charge in [0.05, 0.1) is 5.69 Å². The standard InChI is InChI=1S/C19H23FN4O2/c20-14-6-8-15(9-7-14)24-18(25)11-10-16(23-24)19(26)22-17(12-21)13-4-2-1-3-5-13/h6-11,13,17H,1-5,12,21H2,(H,22,26). The first-order valence-corrected chi connectivity index (χ1v) is 8.96. The largest absolute Gasteiger partial charge is 0.346 e. The van der Waals surface area contributed by atoms with Crippen LogP contribution < -0.4 is 16.6 Å². The number of hydrogen-bond donors (Lipinski definition) is 2. The number of benzene rings is 1. The van der Waals surface area contributed by atoms with Crippen LogP contribution in [0.5, 0.6) is 0 Å². The quantitative estimate of drug-likeness (QED) is 0.855. The molecule has 1 aliphatic carbocycles. The summed E-state index contributed by atoms with van der Waals surface area (Å²) in [5, 5.41) is 7.09. The second-order valence-electron chi connectivity index (χ2n) is 6.66. The third kappa shape index (κ3) is 4.16. The van der Waals surface area contributed by atoms with E-state index in [4.69, 9.17) is 5.73 Å². The van der Waals surface area contributed by atoms with Crippen LogP contribution >= 0.6 is 0 Å². The van der Waals surface area contributed by atoms with Gasteiger partial charge in [0.25, 0.3) is 11.5 Å². The van der Waals surface area contributed by atoms with Gasteiger partial charge in [-0.2, -0.15) is 9.78 Å². The number of carbonyl (C=O) groups excluding carboxylic acids is 1. The SMILES string of the molecule is NCC(NC(=O)c1ccc(=O)n(-c2ccc(F)cc2)n1)C1CCCCC1. The molecule has 1 amide bonds. The molecule has 0 bridgehead atoms. The van der Waals surface area contributed by atoms with E-state index < -0.39 is 11.4 Å². The van der Waals surface area contributed by atoms with Crippen molar-refractivity contribution in [2.75, 3.05) is 6.54 Å². The lowest BCUT2D eigenvalue weighted by molar-refractivity contribution is 0.0908. The van der Waals surface area contributed by atoms with Gasteiger partial charge in [-0.3, -0.25) is 9.59 Å². The van der Waals surface area contributed by atoms with Crippen LogP contribution in [0, 0.1) is 11.7 Å². The third-order valence-electron chi connectivity index (χ3n) is 4.89. The first kappa shape index (κ1) is 18.3. The minimum atomic E-state index is -0.408. The van der Waals surface area contributed by atoms with Crippen molar-refractivity contribution in [1.29, 1.82) is 0 Å². The van der Waals surface area contributed by atoms with E-state index in [9.17, 15) is 14.0 Å². The molecule has 6 nitrogen and oxygen atoms in total.